The number of nitrogens with zero attached hydrogens (tertiary/aromatic N) is 4. The Hall–Kier alpha value is -4.23. The molecule has 2 N–H and O–H groups in total. The average molecular weight is 481 g/mol. The van der Waals surface area contributed by atoms with Gasteiger partial charge in [-0.05, 0) is 23.8 Å². The standard InChI is InChI=1S/C23H21ClN6O4/c1-30-18-12-20(32-2)17(11-14(18)7-9-34-23(30)31)28-22-26-13-15(24)21(29-22)27-16-5-3-4-6-19(16)33-10-8-25/h3-6,11-13H,7,9-10H2,1-2H3,(H2,26,27,28,29). The summed E-state index contributed by atoms with van der Waals surface area (Å²) in [4.78, 5) is 22.2. The van der Waals surface area contributed by atoms with Gasteiger partial charge in [-0.1, -0.05) is 23.7 Å². The van der Waals surface area contributed by atoms with E-state index in [4.69, 9.17) is 31.1 Å². The molecule has 0 fully saturated rings. The number of carbonyl (C=O) groups excluding carboxylic acids is 1. The van der Waals surface area contributed by atoms with Crippen molar-refractivity contribution in [2.45, 2.75) is 6.42 Å². The number of cyclic esters (lactones) is 1. The van der Waals surface area contributed by atoms with Crippen molar-refractivity contribution in [1.82, 2.24) is 9.97 Å². The second-order valence-corrected chi connectivity index (χ2v) is 7.59. The van der Waals surface area contributed by atoms with Crippen LogP contribution in [0, 0.1) is 11.3 Å². The van der Waals surface area contributed by atoms with Crippen LogP contribution in [0.25, 0.3) is 0 Å². The molecular formula is C23H21ClN6O4. The van der Waals surface area contributed by atoms with Gasteiger partial charge >= 0.3 is 6.09 Å². The number of rotatable bonds is 7. The number of benzene rings is 2. The highest BCUT2D eigenvalue weighted by molar-refractivity contribution is 6.33. The van der Waals surface area contributed by atoms with Crippen LogP contribution < -0.4 is 25.0 Å². The molecule has 0 atom stereocenters. The van der Waals surface area contributed by atoms with E-state index in [1.807, 2.05) is 18.2 Å². The van der Waals surface area contributed by atoms with Crippen molar-refractivity contribution < 1.29 is 19.0 Å². The molecule has 0 spiro atoms. The first-order chi connectivity index (χ1) is 16.5. The van der Waals surface area contributed by atoms with Gasteiger partial charge in [-0.25, -0.2) is 9.78 Å². The zero-order valence-electron chi connectivity index (χ0n) is 18.5. The van der Waals surface area contributed by atoms with E-state index in [2.05, 4.69) is 20.6 Å². The molecule has 0 aliphatic carbocycles. The highest BCUT2D eigenvalue weighted by atomic mass is 35.5. The lowest BCUT2D eigenvalue weighted by Crippen LogP contribution is -2.25. The summed E-state index contributed by atoms with van der Waals surface area (Å²) >= 11 is 6.32. The molecule has 11 heteroatoms. The highest BCUT2D eigenvalue weighted by Crippen LogP contribution is 2.37. The second-order valence-electron chi connectivity index (χ2n) is 7.19. The van der Waals surface area contributed by atoms with Crippen LogP contribution in [0.1, 0.15) is 5.56 Å². The van der Waals surface area contributed by atoms with Gasteiger partial charge in [-0.2, -0.15) is 10.2 Å². The van der Waals surface area contributed by atoms with Crippen molar-refractivity contribution in [3.05, 3.63) is 53.2 Å². The lowest BCUT2D eigenvalue weighted by Gasteiger charge is -2.19. The Balaban J connectivity index is 1.63. The Morgan fingerprint density at radius 1 is 1.24 bits per heavy atom. The molecule has 4 rings (SSSR count). The van der Waals surface area contributed by atoms with E-state index in [9.17, 15) is 4.79 Å². The van der Waals surface area contributed by atoms with E-state index in [1.54, 1.807) is 31.3 Å². The molecule has 1 aromatic heterocycles. The average Bonchev–Trinajstić information content (AvgIpc) is 2.98. The largest absolute Gasteiger partial charge is 0.494 e. The van der Waals surface area contributed by atoms with Gasteiger partial charge in [-0.3, -0.25) is 4.90 Å². The van der Waals surface area contributed by atoms with Crippen LogP contribution in [-0.2, 0) is 11.2 Å². The van der Waals surface area contributed by atoms with Gasteiger partial charge in [-0.15, -0.1) is 0 Å². The molecular weight excluding hydrogens is 460 g/mol. The molecule has 0 radical (unpaired) electrons. The molecule has 0 saturated heterocycles. The number of hydrogen-bond acceptors (Lipinski definition) is 9. The van der Waals surface area contributed by atoms with Gasteiger partial charge in [0.2, 0.25) is 5.95 Å². The molecule has 174 valence electrons. The summed E-state index contributed by atoms with van der Waals surface area (Å²) in [6, 6.07) is 12.7. The number of ether oxygens (including phenoxy) is 3. The Labute approximate surface area is 201 Å². The lowest BCUT2D eigenvalue weighted by atomic mass is 10.1. The van der Waals surface area contributed by atoms with E-state index in [-0.39, 0.29) is 19.2 Å². The molecule has 1 aliphatic rings. The maximum Gasteiger partial charge on any atom is 0.414 e. The van der Waals surface area contributed by atoms with Crippen molar-refractivity contribution in [2.24, 2.45) is 0 Å². The Morgan fingerprint density at radius 3 is 2.85 bits per heavy atom. The number of hydrogen-bond donors (Lipinski definition) is 2. The minimum Gasteiger partial charge on any atom is -0.494 e. The van der Waals surface area contributed by atoms with Gasteiger partial charge in [0.1, 0.15) is 22.6 Å². The zero-order valence-corrected chi connectivity index (χ0v) is 19.2. The highest BCUT2D eigenvalue weighted by Gasteiger charge is 2.23. The first kappa shape index (κ1) is 22.9. The summed E-state index contributed by atoms with van der Waals surface area (Å²) in [6.07, 6.45) is 1.60. The molecule has 10 nitrogen and oxygen atoms in total. The van der Waals surface area contributed by atoms with Gasteiger partial charge in [0.05, 0.1) is 37.0 Å². The predicted octanol–water partition coefficient (Wildman–Crippen LogP) is 4.66. The summed E-state index contributed by atoms with van der Waals surface area (Å²) in [6.45, 7) is 0.188. The summed E-state index contributed by atoms with van der Waals surface area (Å²) in [7, 11) is 3.19. The van der Waals surface area contributed by atoms with Gasteiger partial charge in [0, 0.05) is 19.5 Å². The third-order valence-electron chi connectivity index (χ3n) is 5.06. The zero-order chi connectivity index (χ0) is 24.1. The molecule has 2 heterocycles. The van der Waals surface area contributed by atoms with Crippen LogP contribution in [-0.4, -0.2) is 43.4 Å². The van der Waals surface area contributed by atoms with E-state index in [0.29, 0.717) is 45.8 Å². The van der Waals surface area contributed by atoms with Crippen LogP contribution in [0.15, 0.2) is 42.6 Å². The van der Waals surface area contributed by atoms with Crippen molar-refractivity contribution in [3.63, 3.8) is 0 Å². The number of carbonyl (C=O) groups is 1. The van der Waals surface area contributed by atoms with Crippen molar-refractivity contribution in [1.29, 1.82) is 5.26 Å². The maximum absolute atomic E-state index is 12.0. The van der Waals surface area contributed by atoms with Gasteiger partial charge in [0.25, 0.3) is 0 Å². The van der Waals surface area contributed by atoms with Crippen LogP contribution in [0.3, 0.4) is 0 Å². The molecule has 0 unspecified atom stereocenters. The van der Waals surface area contributed by atoms with Crippen LogP contribution in [0.5, 0.6) is 11.5 Å². The summed E-state index contributed by atoms with van der Waals surface area (Å²) in [5.74, 6) is 1.61. The van der Waals surface area contributed by atoms with Crippen LogP contribution in [0.4, 0.5) is 33.6 Å². The summed E-state index contributed by atoms with van der Waals surface area (Å²) < 4.78 is 16.2. The molecule has 0 saturated carbocycles. The molecule has 1 amide bonds. The number of anilines is 5. The van der Waals surface area contributed by atoms with Crippen LogP contribution in [0.2, 0.25) is 5.02 Å². The van der Waals surface area contributed by atoms with E-state index in [1.165, 1.54) is 18.2 Å². The minimum absolute atomic E-state index is 0.0903. The topological polar surface area (TPSA) is 122 Å². The Morgan fingerprint density at radius 2 is 2.06 bits per heavy atom. The summed E-state index contributed by atoms with van der Waals surface area (Å²) in [5.41, 5.74) is 2.83. The first-order valence-electron chi connectivity index (χ1n) is 10.3. The first-order valence-corrected chi connectivity index (χ1v) is 10.6. The molecule has 2 aromatic carbocycles. The minimum atomic E-state index is -0.419. The fourth-order valence-electron chi connectivity index (χ4n) is 3.41. The second kappa shape index (κ2) is 10.1. The number of para-hydroxylation sites is 2. The fraction of sp³-hybridized carbons (Fsp3) is 0.217. The maximum atomic E-state index is 12.0. The third kappa shape index (κ3) is 4.89. The SMILES string of the molecule is COc1cc2c(cc1Nc1ncc(Cl)c(Nc3ccccc3OCC#N)n1)CCOC(=O)N2C. The number of fused-ring (bicyclic) bond motifs is 1. The van der Waals surface area contributed by atoms with Crippen molar-refractivity contribution >= 4 is 46.5 Å². The summed E-state index contributed by atoms with van der Waals surface area (Å²) in [5, 5.41) is 15.4. The molecule has 0 bridgehead atoms. The third-order valence-corrected chi connectivity index (χ3v) is 5.33. The number of nitriles is 1. The smallest absolute Gasteiger partial charge is 0.414 e. The Bertz CT molecular complexity index is 1260. The number of amides is 1. The predicted molar refractivity (Wildman–Crippen MR) is 128 cm³/mol. The fourth-order valence-corrected chi connectivity index (χ4v) is 3.54. The number of nitrogens with one attached hydrogen (secondary N) is 2. The normalized spacial score (nSPS) is 12.6. The van der Waals surface area contributed by atoms with Gasteiger partial charge in [0.15, 0.2) is 12.4 Å². The van der Waals surface area contributed by atoms with E-state index < -0.39 is 6.09 Å². The van der Waals surface area contributed by atoms with Crippen molar-refractivity contribution in [2.75, 3.05) is 42.9 Å². The van der Waals surface area contributed by atoms with Gasteiger partial charge < -0.3 is 24.8 Å². The molecule has 1 aliphatic heterocycles. The lowest BCUT2D eigenvalue weighted by molar-refractivity contribution is 0.159. The number of methoxy groups -OCH3 is 1. The Kier molecular flexibility index (Phi) is 6.85. The number of halogens is 1. The quantitative estimate of drug-likeness (QED) is 0.497. The monoisotopic (exact) mass is 480 g/mol. The van der Waals surface area contributed by atoms with Crippen LogP contribution >= 0.6 is 11.6 Å². The number of aromatic nitrogens is 2. The molecule has 34 heavy (non-hydrogen) atoms. The molecule has 3 aromatic rings. The van der Waals surface area contributed by atoms with E-state index in [0.717, 1.165) is 5.56 Å². The van der Waals surface area contributed by atoms with Crippen molar-refractivity contribution in [3.8, 4) is 17.6 Å². The van der Waals surface area contributed by atoms with E-state index >= 15 is 0 Å².